The fourth-order valence-electron chi connectivity index (χ4n) is 2.13. The standard InChI is InChI=1S/C18H18F2O4/c1-3-12-8-9-16(14(10-12)17(19)20)23-11-13-6-4-5-7-15(13)24-18(21)22-2/h4-10,17H,3,11H2,1-2H3. The molecule has 0 bridgehead atoms. The summed E-state index contributed by atoms with van der Waals surface area (Å²) in [6.07, 6.45) is -2.83. The summed E-state index contributed by atoms with van der Waals surface area (Å²) in [5, 5.41) is 0. The number of methoxy groups -OCH3 is 1. The zero-order valence-electron chi connectivity index (χ0n) is 13.4. The van der Waals surface area contributed by atoms with E-state index in [0.717, 1.165) is 5.56 Å². The topological polar surface area (TPSA) is 44.8 Å². The van der Waals surface area contributed by atoms with E-state index in [0.29, 0.717) is 12.0 Å². The van der Waals surface area contributed by atoms with Crippen LogP contribution in [0.25, 0.3) is 0 Å². The van der Waals surface area contributed by atoms with E-state index in [9.17, 15) is 13.6 Å². The second-order valence-electron chi connectivity index (χ2n) is 4.98. The number of alkyl halides is 2. The number of rotatable bonds is 6. The van der Waals surface area contributed by atoms with E-state index in [1.165, 1.54) is 19.2 Å². The third-order valence-corrected chi connectivity index (χ3v) is 3.43. The number of benzene rings is 2. The number of hydrogen-bond acceptors (Lipinski definition) is 4. The van der Waals surface area contributed by atoms with Crippen LogP contribution in [0.1, 0.15) is 30.0 Å². The molecule has 0 unspecified atom stereocenters. The Morgan fingerprint density at radius 2 is 1.88 bits per heavy atom. The van der Waals surface area contributed by atoms with Crippen LogP contribution >= 0.6 is 0 Å². The third-order valence-electron chi connectivity index (χ3n) is 3.43. The van der Waals surface area contributed by atoms with E-state index >= 15 is 0 Å². The number of aryl methyl sites for hydroxylation is 1. The summed E-state index contributed by atoms with van der Waals surface area (Å²) in [6, 6.07) is 11.4. The van der Waals surface area contributed by atoms with E-state index in [4.69, 9.17) is 9.47 Å². The molecule has 0 radical (unpaired) electrons. The van der Waals surface area contributed by atoms with E-state index in [-0.39, 0.29) is 23.7 Å². The van der Waals surface area contributed by atoms with Crippen molar-refractivity contribution in [1.82, 2.24) is 0 Å². The van der Waals surface area contributed by atoms with Gasteiger partial charge in [-0.3, -0.25) is 0 Å². The summed E-state index contributed by atoms with van der Waals surface area (Å²) in [7, 11) is 1.20. The van der Waals surface area contributed by atoms with Crippen molar-refractivity contribution >= 4 is 6.16 Å². The lowest BCUT2D eigenvalue weighted by Gasteiger charge is -2.14. The van der Waals surface area contributed by atoms with Gasteiger partial charge in [-0.25, -0.2) is 13.6 Å². The van der Waals surface area contributed by atoms with Crippen LogP contribution in [-0.4, -0.2) is 13.3 Å². The summed E-state index contributed by atoms with van der Waals surface area (Å²) < 4.78 is 41.4. The fraction of sp³-hybridized carbons (Fsp3) is 0.278. The SMILES string of the molecule is CCc1ccc(OCc2ccccc2OC(=O)OC)c(C(F)F)c1. The van der Waals surface area contributed by atoms with Crippen LogP contribution in [0.2, 0.25) is 0 Å². The molecule has 0 atom stereocenters. The number of carbonyl (C=O) groups is 1. The average molecular weight is 336 g/mol. The lowest BCUT2D eigenvalue weighted by atomic mass is 10.1. The third kappa shape index (κ3) is 4.44. The highest BCUT2D eigenvalue weighted by molar-refractivity contribution is 5.64. The van der Waals surface area contributed by atoms with Gasteiger partial charge in [-0.15, -0.1) is 0 Å². The minimum absolute atomic E-state index is 0.0155. The Hall–Kier alpha value is -2.63. The highest BCUT2D eigenvalue weighted by Crippen LogP contribution is 2.31. The van der Waals surface area contributed by atoms with Gasteiger partial charge in [0.2, 0.25) is 0 Å². The molecule has 0 spiro atoms. The van der Waals surface area contributed by atoms with Crippen LogP contribution in [0.5, 0.6) is 11.5 Å². The molecule has 128 valence electrons. The molecule has 2 aromatic rings. The Morgan fingerprint density at radius 1 is 1.12 bits per heavy atom. The first kappa shape index (κ1) is 17.7. The van der Waals surface area contributed by atoms with E-state index in [2.05, 4.69) is 4.74 Å². The predicted octanol–water partition coefficient (Wildman–Crippen LogP) is 4.91. The Labute approximate surface area is 139 Å². The zero-order chi connectivity index (χ0) is 17.5. The molecule has 2 rings (SSSR count). The molecule has 0 aliphatic heterocycles. The molecule has 0 aliphatic carbocycles. The van der Waals surface area contributed by atoms with Gasteiger partial charge in [-0.05, 0) is 30.2 Å². The van der Waals surface area contributed by atoms with Crippen LogP contribution in [-0.2, 0) is 17.8 Å². The van der Waals surface area contributed by atoms with Crippen LogP contribution in [0, 0.1) is 0 Å². The first-order valence-corrected chi connectivity index (χ1v) is 7.42. The minimum Gasteiger partial charge on any atom is -0.488 e. The van der Waals surface area contributed by atoms with Crippen molar-refractivity contribution in [2.75, 3.05) is 7.11 Å². The summed E-state index contributed by atoms with van der Waals surface area (Å²) in [5.41, 5.74) is 1.20. The first-order chi connectivity index (χ1) is 11.5. The molecule has 0 amide bonds. The maximum atomic E-state index is 13.2. The van der Waals surface area contributed by atoms with Crippen LogP contribution in [0.15, 0.2) is 42.5 Å². The summed E-state index contributed by atoms with van der Waals surface area (Å²) in [5.74, 6) is 0.364. The Kier molecular flexibility index (Phi) is 6.12. The lowest BCUT2D eigenvalue weighted by molar-refractivity contribution is 0.120. The predicted molar refractivity (Wildman–Crippen MR) is 84.6 cm³/mol. The van der Waals surface area contributed by atoms with Gasteiger partial charge in [0, 0.05) is 5.56 Å². The zero-order valence-corrected chi connectivity index (χ0v) is 13.4. The highest BCUT2D eigenvalue weighted by atomic mass is 19.3. The molecule has 2 aromatic carbocycles. The van der Waals surface area contributed by atoms with Gasteiger partial charge < -0.3 is 14.2 Å². The fourth-order valence-corrected chi connectivity index (χ4v) is 2.13. The van der Waals surface area contributed by atoms with Gasteiger partial charge >= 0.3 is 6.16 Å². The number of hydrogen-bond donors (Lipinski definition) is 0. The quantitative estimate of drug-likeness (QED) is 0.555. The highest BCUT2D eigenvalue weighted by Gasteiger charge is 2.16. The molecule has 6 heteroatoms. The lowest BCUT2D eigenvalue weighted by Crippen LogP contribution is -2.10. The summed E-state index contributed by atoms with van der Waals surface area (Å²) >= 11 is 0. The van der Waals surface area contributed by atoms with Crippen LogP contribution in [0.3, 0.4) is 0 Å². The van der Waals surface area contributed by atoms with E-state index in [1.807, 2.05) is 6.92 Å². The number of ether oxygens (including phenoxy) is 3. The summed E-state index contributed by atoms with van der Waals surface area (Å²) in [6.45, 7) is 1.88. The Balaban J connectivity index is 2.18. The Bertz CT molecular complexity index is 701. The smallest absolute Gasteiger partial charge is 0.488 e. The van der Waals surface area contributed by atoms with Gasteiger partial charge in [-0.2, -0.15) is 0 Å². The normalized spacial score (nSPS) is 10.5. The van der Waals surface area contributed by atoms with E-state index < -0.39 is 12.6 Å². The molecular weight excluding hydrogens is 318 g/mol. The monoisotopic (exact) mass is 336 g/mol. The molecule has 0 aliphatic rings. The van der Waals surface area contributed by atoms with Crippen LogP contribution in [0.4, 0.5) is 13.6 Å². The van der Waals surface area contributed by atoms with Crippen molar-refractivity contribution in [2.45, 2.75) is 26.4 Å². The molecule has 0 saturated carbocycles. The van der Waals surface area contributed by atoms with Gasteiger partial charge in [0.15, 0.2) is 0 Å². The van der Waals surface area contributed by atoms with Gasteiger partial charge in [0.05, 0.1) is 12.7 Å². The largest absolute Gasteiger partial charge is 0.513 e. The van der Waals surface area contributed by atoms with Crippen molar-refractivity contribution in [3.63, 3.8) is 0 Å². The van der Waals surface area contributed by atoms with Crippen molar-refractivity contribution < 1.29 is 27.8 Å². The van der Waals surface area contributed by atoms with Crippen molar-refractivity contribution in [1.29, 1.82) is 0 Å². The minimum atomic E-state index is -2.63. The molecule has 24 heavy (non-hydrogen) atoms. The molecule has 0 aromatic heterocycles. The second kappa shape index (κ2) is 8.29. The van der Waals surface area contributed by atoms with Crippen molar-refractivity contribution in [3.8, 4) is 11.5 Å². The van der Waals surface area contributed by atoms with Crippen molar-refractivity contribution in [2.24, 2.45) is 0 Å². The van der Waals surface area contributed by atoms with Gasteiger partial charge in [-0.1, -0.05) is 31.2 Å². The molecule has 0 heterocycles. The molecule has 0 fully saturated rings. The second-order valence-corrected chi connectivity index (χ2v) is 4.98. The van der Waals surface area contributed by atoms with Crippen molar-refractivity contribution in [3.05, 3.63) is 59.2 Å². The molecular formula is C18H18F2O4. The molecule has 4 nitrogen and oxygen atoms in total. The van der Waals surface area contributed by atoms with E-state index in [1.54, 1.807) is 30.3 Å². The number of para-hydroxylation sites is 1. The number of halogens is 2. The molecule has 0 N–H and O–H groups in total. The maximum absolute atomic E-state index is 13.2. The first-order valence-electron chi connectivity index (χ1n) is 7.42. The van der Waals surface area contributed by atoms with Gasteiger partial charge in [0.25, 0.3) is 6.43 Å². The summed E-state index contributed by atoms with van der Waals surface area (Å²) in [4.78, 5) is 11.2. The maximum Gasteiger partial charge on any atom is 0.513 e. The van der Waals surface area contributed by atoms with Gasteiger partial charge in [0.1, 0.15) is 18.1 Å². The molecule has 0 saturated heterocycles. The van der Waals surface area contributed by atoms with Crippen LogP contribution < -0.4 is 9.47 Å². The number of carbonyl (C=O) groups excluding carboxylic acids is 1. The Morgan fingerprint density at radius 3 is 2.54 bits per heavy atom. The average Bonchev–Trinajstić information content (AvgIpc) is 2.60.